The molecule has 0 radical (unpaired) electrons. The standard InChI is InChI=1S/C15H23NO2/c1-5-18-15-10-13(6-7-14(15)17-4)11-16-9-8-12(2)3/h6-8,10,16H,5,9,11H2,1-4H3. The predicted molar refractivity (Wildman–Crippen MR) is 75.3 cm³/mol. The smallest absolute Gasteiger partial charge is 0.161 e. The number of benzene rings is 1. The van der Waals surface area contributed by atoms with E-state index in [1.54, 1.807) is 7.11 Å². The molecule has 0 unspecified atom stereocenters. The van der Waals surface area contributed by atoms with E-state index < -0.39 is 0 Å². The molecule has 1 rings (SSSR count). The lowest BCUT2D eigenvalue weighted by Gasteiger charge is -2.11. The van der Waals surface area contributed by atoms with Crippen LogP contribution in [0, 0.1) is 0 Å². The van der Waals surface area contributed by atoms with Crippen molar-refractivity contribution >= 4 is 0 Å². The third kappa shape index (κ3) is 4.80. The first-order chi connectivity index (χ1) is 8.67. The SMILES string of the molecule is CCOc1cc(CNCC=C(C)C)ccc1OC. The monoisotopic (exact) mass is 249 g/mol. The van der Waals surface area contributed by atoms with E-state index in [0.717, 1.165) is 24.6 Å². The molecule has 1 aromatic carbocycles. The van der Waals surface area contributed by atoms with E-state index in [0.29, 0.717) is 6.61 Å². The Morgan fingerprint density at radius 1 is 1.28 bits per heavy atom. The van der Waals surface area contributed by atoms with Crippen LogP contribution in [0.2, 0.25) is 0 Å². The van der Waals surface area contributed by atoms with Crippen LogP contribution in [0.4, 0.5) is 0 Å². The number of nitrogens with one attached hydrogen (secondary N) is 1. The Hall–Kier alpha value is -1.48. The summed E-state index contributed by atoms with van der Waals surface area (Å²) in [5, 5.41) is 3.37. The van der Waals surface area contributed by atoms with Gasteiger partial charge in [-0.3, -0.25) is 0 Å². The molecule has 1 aromatic rings. The Balaban J connectivity index is 2.61. The summed E-state index contributed by atoms with van der Waals surface area (Å²) in [6.45, 7) is 8.53. The molecule has 18 heavy (non-hydrogen) atoms. The van der Waals surface area contributed by atoms with Gasteiger partial charge in [0.15, 0.2) is 11.5 Å². The Labute approximate surface area is 110 Å². The third-order valence-electron chi connectivity index (χ3n) is 2.51. The van der Waals surface area contributed by atoms with E-state index in [4.69, 9.17) is 9.47 Å². The van der Waals surface area contributed by atoms with Gasteiger partial charge in [-0.2, -0.15) is 0 Å². The maximum atomic E-state index is 5.55. The molecule has 0 aliphatic carbocycles. The van der Waals surface area contributed by atoms with Crippen molar-refractivity contribution in [2.45, 2.75) is 27.3 Å². The van der Waals surface area contributed by atoms with Gasteiger partial charge in [0.1, 0.15) is 0 Å². The van der Waals surface area contributed by atoms with Gasteiger partial charge in [-0.05, 0) is 38.5 Å². The Bertz CT molecular complexity index is 395. The fourth-order valence-corrected chi connectivity index (χ4v) is 1.59. The zero-order valence-electron chi connectivity index (χ0n) is 11.7. The van der Waals surface area contributed by atoms with Gasteiger partial charge in [0.2, 0.25) is 0 Å². The van der Waals surface area contributed by atoms with Crippen molar-refractivity contribution in [3.63, 3.8) is 0 Å². The van der Waals surface area contributed by atoms with Gasteiger partial charge in [0.05, 0.1) is 13.7 Å². The Morgan fingerprint density at radius 3 is 2.67 bits per heavy atom. The molecule has 0 aliphatic heterocycles. The van der Waals surface area contributed by atoms with Crippen LogP contribution in [-0.2, 0) is 6.54 Å². The molecule has 0 bridgehead atoms. The molecular formula is C15H23NO2. The van der Waals surface area contributed by atoms with E-state index in [-0.39, 0.29) is 0 Å². The second kappa shape index (κ2) is 7.77. The van der Waals surface area contributed by atoms with Gasteiger partial charge in [-0.1, -0.05) is 17.7 Å². The van der Waals surface area contributed by atoms with Crippen LogP contribution in [-0.4, -0.2) is 20.3 Å². The number of hydrogen-bond donors (Lipinski definition) is 1. The number of hydrogen-bond acceptors (Lipinski definition) is 3. The molecule has 0 aliphatic rings. The topological polar surface area (TPSA) is 30.5 Å². The number of allylic oxidation sites excluding steroid dienone is 1. The third-order valence-corrected chi connectivity index (χ3v) is 2.51. The van der Waals surface area contributed by atoms with Crippen molar-refractivity contribution in [1.82, 2.24) is 5.32 Å². The van der Waals surface area contributed by atoms with E-state index in [1.807, 2.05) is 19.1 Å². The van der Waals surface area contributed by atoms with Crippen LogP contribution in [0.5, 0.6) is 11.5 Å². The van der Waals surface area contributed by atoms with Crippen LogP contribution in [0.25, 0.3) is 0 Å². The average molecular weight is 249 g/mol. The van der Waals surface area contributed by atoms with Gasteiger partial charge in [0.25, 0.3) is 0 Å². The van der Waals surface area contributed by atoms with E-state index >= 15 is 0 Å². The molecule has 3 nitrogen and oxygen atoms in total. The predicted octanol–water partition coefficient (Wildman–Crippen LogP) is 3.15. The first kappa shape index (κ1) is 14.6. The molecular weight excluding hydrogens is 226 g/mol. The van der Waals surface area contributed by atoms with Crippen molar-refractivity contribution in [2.24, 2.45) is 0 Å². The second-order valence-corrected chi connectivity index (χ2v) is 4.33. The average Bonchev–Trinajstić information content (AvgIpc) is 2.35. The normalized spacial score (nSPS) is 10.0. The first-order valence-electron chi connectivity index (χ1n) is 6.31. The molecule has 1 N–H and O–H groups in total. The molecule has 0 spiro atoms. The number of rotatable bonds is 7. The molecule has 0 amide bonds. The summed E-state index contributed by atoms with van der Waals surface area (Å²) in [4.78, 5) is 0. The molecule has 0 atom stereocenters. The summed E-state index contributed by atoms with van der Waals surface area (Å²) < 4.78 is 10.8. The van der Waals surface area contributed by atoms with Crippen molar-refractivity contribution in [3.05, 3.63) is 35.4 Å². The van der Waals surface area contributed by atoms with Gasteiger partial charge >= 0.3 is 0 Å². The first-order valence-corrected chi connectivity index (χ1v) is 6.31. The minimum atomic E-state index is 0.644. The molecule has 100 valence electrons. The van der Waals surface area contributed by atoms with Gasteiger partial charge in [0, 0.05) is 13.1 Å². The van der Waals surface area contributed by atoms with Crippen molar-refractivity contribution in [2.75, 3.05) is 20.3 Å². The fraction of sp³-hybridized carbons (Fsp3) is 0.467. The van der Waals surface area contributed by atoms with Gasteiger partial charge in [-0.15, -0.1) is 0 Å². The lowest BCUT2D eigenvalue weighted by Crippen LogP contribution is -2.13. The molecule has 0 aromatic heterocycles. The molecule has 3 heteroatoms. The Morgan fingerprint density at radius 2 is 2.06 bits per heavy atom. The summed E-state index contributed by atoms with van der Waals surface area (Å²) in [5.74, 6) is 1.59. The summed E-state index contributed by atoms with van der Waals surface area (Å²) in [6.07, 6.45) is 2.17. The lowest BCUT2D eigenvalue weighted by atomic mass is 10.2. The highest BCUT2D eigenvalue weighted by atomic mass is 16.5. The van der Waals surface area contributed by atoms with Crippen molar-refractivity contribution in [3.8, 4) is 11.5 Å². The van der Waals surface area contributed by atoms with Crippen LogP contribution in [0.15, 0.2) is 29.8 Å². The second-order valence-electron chi connectivity index (χ2n) is 4.33. The zero-order chi connectivity index (χ0) is 13.4. The number of ether oxygens (including phenoxy) is 2. The van der Waals surface area contributed by atoms with Crippen LogP contribution >= 0.6 is 0 Å². The van der Waals surface area contributed by atoms with Crippen molar-refractivity contribution in [1.29, 1.82) is 0 Å². The summed E-state index contributed by atoms with van der Waals surface area (Å²) >= 11 is 0. The van der Waals surface area contributed by atoms with Gasteiger partial charge in [-0.25, -0.2) is 0 Å². The van der Waals surface area contributed by atoms with E-state index in [9.17, 15) is 0 Å². The van der Waals surface area contributed by atoms with Crippen LogP contribution in [0.3, 0.4) is 0 Å². The Kier molecular flexibility index (Phi) is 6.29. The maximum absolute atomic E-state index is 5.55. The summed E-state index contributed by atoms with van der Waals surface area (Å²) in [6, 6.07) is 6.03. The number of methoxy groups -OCH3 is 1. The highest BCUT2D eigenvalue weighted by molar-refractivity contribution is 5.42. The maximum Gasteiger partial charge on any atom is 0.161 e. The van der Waals surface area contributed by atoms with Gasteiger partial charge < -0.3 is 14.8 Å². The minimum absolute atomic E-state index is 0.644. The van der Waals surface area contributed by atoms with E-state index in [2.05, 4.69) is 31.3 Å². The zero-order valence-corrected chi connectivity index (χ0v) is 11.7. The highest BCUT2D eigenvalue weighted by Crippen LogP contribution is 2.27. The molecule has 0 fully saturated rings. The lowest BCUT2D eigenvalue weighted by molar-refractivity contribution is 0.310. The largest absolute Gasteiger partial charge is 0.493 e. The van der Waals surface area contributed by atoms with Crippen LogP contribution in [0.1, 0.15) is 26.3 Å². The molecule has 0 saturated carbocycles. The minimum Gasteiger partial charge on any atom is -0.493 e. The molecule has 0 saturated heterocycles. The molecule has 0 heterocycles. The highest BCUT2D eigenvalue weighted by Gasteiger charge is 2.04. The van der Waals surface area contributed by atoms with Crippen molar-refractivity contribution < 1.29 is 9.47 Å². The summed E-state index contributed by atoms with van der Waals surface area (Å²) in [7, 11) is 1.66. The van der Waals surface area contributed by atoms with E-state index in [1.165, 1.54) is 11.1 Å². The fourth-order valence-electron chi connectivity index (χ4n) is 1.59. The summed E-state index contributed by atoms with van der Waals surface area (Å²) in [5.41, 5.74) is 2.52. The van der Waals surface area contributed by atoms with Crippen LogP contribution < -0.4 is 14.8 Å². The quantitative estimate of drug-likeness (QED) is 0.595.